The fourth-order valence-corrected chi connectivity index (χ4v) is 1.37. The maximum absolute atomic E-state index is 11.7. The lowest BCUT2D eigenvalue weighted by atomic mass is 10.1. The number of pyridine rings is 1. The molecule has 3 N–H and O–H groups in total. The molecule has 0 spiro atoms. The first kappa shape index (κ1) is 13.4. The number of hydrogen-bond donors (Lipinski definition) is 3. The van der Waals surface area contributed by atoms with Crippen LogP contribution in [0.25, 0.3) is 0 Å². The molecule has 0 aliphatic heterocycles. The van der Waals surface area contributed by atoms with Gasteiger partial charge in [0.15, 0.2) is 6.04 Å². The zero-order chi connectivity index (χ0) is 13.0. The van der Waals surface area contributed by atoms with E-state index < -0.39 is 24.0 Å². The Morgan fingerprint density at radius 3 is 2.65 bits per heavy atom. The Labute approximate surface area is 102 Å². The van der Waals surface area contributed by atoms with Crippen LogP contribution in [0.5, 0.6) is 0 Å². The first-order chi connectivity index (χ1) is 7.93. The number of aliphatic hydroxyl groups excluding tert-OH is 1. The van der Waals surface area contributed by atoms with E-state index in [0.29, 0.717) is 0 Å². The number of nitrogens with zero attached hydrogens (tertiary/aromatic N) is 1. The van der Waals surface area contributed by atoms with Crippen LogP contribution in [0.2, 0.25) is 5.15 Å². The van der Waals surface area contributed by atoms with Crippen molar-refractivity contribution < 1.29 is 19.8 Å². The van der Waals surface area contributed by atoms with Crippen molar-refractivity contribution in [1.82, 2.24) is 10.3 Å². The molecule has 2 unspecified atom stereocenters. The van der Waals surface area contributed by atoms with Gasteiger partial charge in [-0.05, 0) is 19.1 Å². The second-order valence-electron chi connectivity index (χ2n) is 3.37. The molecule has 0 saturated carbocycles. The molecule has 1 aromatic rings. The Morgan fingerprint density at radius 1 is 1.53 bits per heavy atom. The average Bonchev–Trinajstić information content (AvgIpc) is 2.25. The minimum absolute atomic E-state index is 0.0280. The van der Waals surface area contributed by atoms with E-state index >= 15 is 0 Å². The third-order valence-electron chi connectivity index (χ3n) is 2.04. The van der Waals surface area contributed by atoms with E-state index in [2.05, 4.69) is 10.3 Å². The number of carboxylic acids is 1. The molecule has 0 bridgehead atoms. The van der Waals surface area contributed by atoms with Crippen LogP contribution in [-0.2, 0) is 4.79 Å². The van der Waals surface area contributed by atoms with Gasteiger partial charge < -0.3 is 15.5 Å². The van der Waals surface area contributed by atoms with Crippen molar-refractivity contribution in [3.63, 3.8) is 0 Å². The third-order valence-corrected chi connectivity index (χ3v) is 2.34. The van der Waals surface area contributed by atoms with Gasteiger partial charge in [0.25, 0.3) is 5.91 Å². The molecular weight excluding hydrogens is 248 g/mol. The molecule has 0 aromatic carbocycles. The van der Waals surface area contributed by atoms with Crippen LogP contribution in [0.4, 0.5) is 0 Å². The molecule has 0 fully saturated rings. The number of carboxylic acid groups (broad SMARTS) is 1. The van der Waals surface area contributed by atoms with Gasteiger partial charge in [-0.3, -0.25) is 4.79 Å². The van der Waals surface area contributed by atoms with E-state index in [1.807, 2.05) is 0 Å². The first-order valence-corrected chi connectivity index (χ1v) is 5.13. The SMILES string of the molecule is CC(O)C(NC(=O)c1cccnc1Cl)C(=O)O. The minimum atomic E-state index is -1.39. The number of rotatable bonds is 4. The number of nitrogens with one attached hydrogen (secondary N) is 1. The fraction of sp³-hybridized carbons (Fsp3) is 0.300. The van der Waals surface area contributed by atoms with E-state index in [-0.39, 0.29) is 10.7 Å². The summed E-state index contributed by atoms with van der Waals surface area (Å²) in [7, 11) is 0. The van der Waals surface area contributed by atoms with Gasteiger partial charge in [-0.25, -0.2) is 9.78 Å². The average molecular weight is 259 g/mol. The van der Waals surface area contributed by atoms with Gasteiger partial charge in [-0.15, -0.1) is 0 Å². The topological polar surface area (TPSA) is 99.5 Å². The summed E-state index contributed by atoms with van der Waals surface area (Å²) in [6, 6.07) is 1.52. The second kappa shape index (κ2) is 5.60. The van der Waals surface area contributed by atoms with Crippen LogP contribution in [0.1, 0.15) is 17.3 Å². The Balaban J connectivity index is 2.85. The van der Waals surface area contributed by atoms with Gasteiger partial charge in [0.2, 0.25) is 0 Å². The van der Waals surface area contributed by atoms with Crippen LogP contribution >= 0.6 is 11.6 Å². The molecule has 1 heterocycles. The van der Waals surface area contributed by atoms with E-state index in [4.69, 9.17) is 16.7 Å². The third kappa shape index (κ3) is 3.40. The fourth-order valence-electron chi connectivity index (χ4n) is 1.16. The van der Waals surface area contributed by atoms with Gasteiger partial charge in [0, 0.05) is 6.20 Å². The number of carbonyl (C=O) groups is 2. The van der Waals surface area contributed by atoms with Crippen molar-refractivity contribution in [2.24, 2.45) is 0 Å². The molecule has 2 atom stereocenters. The quantitative estimate of drug-likeness (QED) is 0.675. The summed E-state index contributed by atoms with van der Waals surface area (Å²) < 4.78 is 0. The van der Waals surface area contributed by atoms with Gasteiger partial charge in [-0.2, -0.15) is 0 Å². The lowest BCUT2D eigenvalue weighted by Crippen LogP contribution is -2.47. The predicted molar refractivity (Wildman–Crippen MR) is 59.8 cm³/mol. The van der Waals surface area contributed by atoms with E-state index in [1.165, 1.54) is 25.3 Å². The lowest BCUT2D eigenvalue weighted by Gasteiger charge is -2.17. The molecule has 1 amide bonds. The van der Waals surface area contributed by atoms with Gasteiger partial charge in [-0.1, -0.05) is 11.6 Å². The summed E-state index contributed by atoms with van der Waals surface area (Å²) in [4.78, 5) is 26.1. The Morgan fingerprint density at radius 2 is 2.18 bits per heavy atom. The maximum atomic E-state index is 11.7. The van der Waals surface area contributed by atoms with Crippen molar-refractivity contribution in [3.05, 3.63) is 29.0 Å². The van der Waals surface area contributed by atoms with Gasteiger partial charge >= 0.3 is 5.97 Å². The van der Waals surface area contributed by atoms with Crippen LogP contribution in [0.15, 0.2) is 18.3 Å². The molecular formula is C10H11ClN2O4. The summed E-state index contributed by atoms with van der Waals surface area (Å²) in [5, 5.41) is 20.1. The highest BCUT2D eigenvalue weighted by molar-refractivity contribution is 6.32. The summed E-state index contributed by atoms with van der Waals surface area (Å²) in [6.07, 6.45) is 0.189. The van der Waals surface area contributed by atoms with Crippen LogP contribution in [0, 0.1) is 0 Å². The van der Waals surface area contributed by atoms with Crippen molar-refractivity contribution in [3.8, 4) is 0 Å². The van der Waals surface area contributed by atoms with E-state index in [9.17, 15) is 14.7 Å². The molecule has 1 aromatic heterocycles. The van der Waals surface area contributed by atoms with Gasteiger partial charge in [0.05, 0.1) is 11.7 Å². The summed E-state index contributed by atoms with van der Waals surface area (Å²) >= 11 is 5.68. The molecule has 92 valence electrons. The smallest absolute Gasteiger partial charge is 0.328 e. The summed E-state index contributed by atoms with van der Waals surface area (Å²) in [6.45, 7) is 1.27. The number of halogens is 1. The molecule has 6 nitrogen and oxygen atoms in total. The Bertz CT molecular complexity index is 436. The number of aromatic nitrogens is 1. The summed E-state index contributed by atoms with van der Waals surface area (Å²) in [5.41, 5.74) is 0.0565. The molecule has 17 heavy (non-hydrogen) atoms. The van der Waals surface area contributed by atoms with Crippen molar-refractivity contribution in [2.45, 2.75) is 19.1 Å². The van der Waals surface area contributed by atoms with Crippen LogP contribution in [-0.4, -0.2) is 39.2 Å². The minimum Gasteiger partial charge on any atom is -0.480 e. The normalized spacial score (nSPS) is 13.8. The highest BCUT2D eigenvalue weighted by atomic mass is 35.5. The second-order valence-corrected chi connectivity index (χ2v) is 3.73. The molecule has 1 rings (SSSR count). The highest BCUT2D eigenvalue weighted by Gasteiger charge is 2.26. The molecule has 0 saturated heterocycles. The first-order valence-electron chi connectivity index (χ1n) is 4.75. The Kier molecular flexibility index (Phi) is 4.42. The van der Waals surface area contributed by atoms with Crippen molar-refractivity contribution >= 4 is 23.5 Å². The number of carbonyl (C=O) groups excluding carboxylic acids is 1. The molecule has 7 heteroatoms. The molecule has 0 radical (unpaired) electrons. The van der Waals surface area contributed by atoms with Crippen LogP contribution in [0.3, 0.4) is 0 Å². The largest absolute Gasteiger partial charge is 0.480 e. The van der Waals surface area contributed by atoms with E-state index in [1.54, 1.807) is 0 Å². The number of aliphatic hydroxyl groups is 1. The Hall–Kier alpha value is -1.66. The monoisotopic (exact) mass is 258 g/mol. The maximum Gasteiger partial charge on any atom is 0.328 e. The standard InChI is InChI=1S/C10H11ClN2O4/c1-5(14)7(10(16)17)13-9(15)6-3-2-4-12-8(6)11/h2-5,7,14H,1H3,(H,13,15)(H,16,17). The number of hydrogen-bond acceptors (Lipinski definition) is 4. The molecule has 0 aliphatic rings. The van der Waals surface area contributed by atoms with Gasteiger partial charge in [0.1, 0.15) is 5.15 Å². The van der Waals surface area contributed by atoms with Crippen molar-refractivity contribution in [1.29, 1.82) is 0 Å². The summed E-state index contributed by atoms with van der Waals surface area (Å²) in [5.74, 6) is -2.02. The van der Waals surface area contributed by atoms with Crippen molar-refractivity contribution in [2.75, 3.05) is 0 Å². The van der Waals surface area contributed by atoms with Crippen LogP contribution < -0.4 is 5.32 Å². The highest BCUT2D eigenvalue weighted by Crippen LogP contribution is 2.11. The van der Waals surface area contributed by atoms with E-state index in [0.717, 1.165) is 0 Å². The number of amides is 1. The zero-order valence-electron chi connectivity index (χ0n) is 8.92. The predicted octanol–water partition coefficient (Wildman–Crippen LogP) is 0.299. The lowest BCUT2D eigenvalue weighted by molar-refractivity contribution is -0.141. The zero-order valence-corrected chi connectivity index (χ0v) is 9.68. The molecule has 0 aliphatic carbocycles. The number of aliphatic carboxylic acids is 1.